The van der Waals surface area contributed by atoms with Gasteiger partial charge in [0, 0.05) is 86.3 Å². The molecule has 3 N–H and O–H groups in total. The zero-order chi connectivity index (χ0) is 34.2. The van der Waals surface area contributed by atoms with Crippen molar-refractivity contribution in [3.8, 4) is 28.3 Å². The number of aliphatic hydroxyl groups is 1. The lowest BCUT2D eigenvalue weighted by Crippen LogP contribution is -2.35. The van der Waals surface area contributed by atoms with Crippen LogP contribution in [0.3, 0.4) is 0 Å². The summed E-state index contributed by atoms with van der Waals surface area (Å²) in [6, 6.07) is 16.7. The fraction of sp³-hybridized carbons (Fsp3) is 0.342. The SMILES string of the molecule is COc1nc(-c2cccc(-c3cccc4c3CCN4c3nccc4cc(CN5CC[C@@H](O)C5)cnc34)c2Cl)cnc1CNC[C@@H]1CCC(=O)N1. The van der Waals surface area contributed by atoms with Crippen LogP contribution in [-0.4, -0.2) is 81.3 Å². The normalized spacial score (nSPS) is 18.9. The van der Waals surface area contributed by atoms with Crippen LogP contribution in [0.15, 0.2) is 67.1 Å². The number of aromatic nitrogens is 4. The smallest absolute Gasteiger partial charge is 0.237 e. The Hall–Kier alpha value is -4.68. The van der Waals surface area contributed by atoms with Crippen molar-refractivity contribution >= 4 is 39.9 Å². The number of pyridine rings is 2. The van der Waals surface area contributed by atoms with Crippen molar-refractivity contribution in [2.45, 2.75) is 50.9 Å². The third-order valence-electron chi connectivity index (χ3n) is 9.91. The highest BCUT2D eigenvalue weighted by molar-refractivity contribution is 6.36. The van der Waals surface area contributed by atoms with Gasteiger partial charge in [-0.25, -0.2) is 9.97 Å². The van der Waals surface area contributed by atoms with Crippen LogP contribution in [0.25, 0.3) is 33.3 Å². The number of halogens is 1. The number of amides is 1. The first kappa shape index (κ1) is 32.5. The Labute approximate surface area is 295 Å². The molecule has 2 atom stereocenters. The summed E-state index contributed by atoms with van der Waals surface area (Å²) in [5.74, 6) is 1.37. The number of anilines is 2. The summed E-state index contributed by atoms with van der Waals surface area (Å²) < 4.78 is 5.63. The van der Waals surface area contributed by atoms with Crippen molar-refractivity contribution in [2.24, 2.45) is 0 Å². The second-order valence-electron chi connectivity index (χ2n) is 13.2. The highest BCUT2D eigenvalue weighted by atomic mass is 35.5. The third kappa shape index (κ3) is 6.37. The van der Waals surface area contributed by atoms with Gasteiger partial charge in [-0.1, -0.05) is 41.9 Å². The molecule has 12 heteroatoms. The molecule has 11 nitrogen and oxygen atoms in total. The molecule has 0 spiro atoms. The largest absolute Gasteiger partial charge is 0.480 e. The van der Waals surface area contributed by atoms with Crippen LogP contribution >= 0.6 is 11.6 Å². The Morgan fingerprint density at radius 2 is 1.88 bits per heavy atom. The van der Waals surface area contributed by atoms with Crippen LogP contribution in [0.4, 0.5) is 11.5 Å². The maximum atomic E-state index is 11.5. The molecule has 0 bridgehead atoms. The number of carbonyl (C=O) groups is 1. The maximum Gasteiger partial charge on any atom is 0.237 e. The highest BCUT2D eigenvalue weighted by Gasteiger charge is 2.28. The van der Waals surface area contributed by atoms with Gasteiger partial charge in [-0.05, 0) is 54.2 Å². The van der Waals surface area contributed by atoms with Crippen LogP contribution in [-0.2, 0) is 24.3 Å². The topological polar surface area (TPSA) is 129 Å². The summed E-state index contributed by atoms with van der Waals surface area (Å²) in [7, 11) is 1.59. The molecule has 3 aliphatic rings. The number of likely N-dealkylation sites (tertiary alicyclic amines) is 1. The zero-order valence-electron chi connectivity index (χ0n) is 27.9. The Morgan fingerprint density at radius 3 is 2.70 bits per heavy atom. The van der Waals surface area contributed by atoms with E-state index in [2.05, 4.69) is 49.7 Å². The van der Waals surface area contributed by atoms with Gasteiger partial charge in [0.25, 0.3) is 0 Å². The van der Waals surface area contributed by atoms with Gasteiger partial charge in [-0.15, -0.1) is 0 Å². The molecular formula is C38H39ClN8O3. The summed E-state index contributed by atoms with van der Waals surface area (Å²) >= 11 is 7.19. The van der Waals surface area contributed by atoms with Crippen molar-refractivity contribution < 1.29 is 14.6 Å². The van der Waals surface area contributed by atoms with Crippen molar-refractivity contribution in [2.75, 3.05) is 38.2 Å². The molecule has 256 valence electrons. The summed E-state index contributed by atoms with van der Waals surface area (Å²) in [6.07, 6.45) is 8.34. The molecule has 3 aliphatic heterocycles. The molecule has 2 saturated heterocycles. The van der Waals surface area contributed by atoms with E-state index in [-0.39, 0.29) is 18.1 Å². The van der Waals surface area contributed by atoms with Crippen LogP contribution < -0.4 is 20.3 Å². The lowest BCUT2D eigenvalue weighted by molar-refractivity contribution is -0.119. The number of aliphatic hydroxyl groups excluding tert-OH is 1. The van der Waals surface area contributed by atoms with Gasteiger partial charge < -0.3 is 25.4 Å². The molecule has 6 heterocycles. The van der Waals surface area contributed by atoms with Gasteiger partial charge in [-0.3, -0.25) is 19.7 Å². The number of nitrogens with zero attached hydrogens (tertiary/aromatic N) is 6. The van der Waals surface area contributed by atoms with Gasteiger partial charge in [0.1, 0.15) is 11.2 Å². The standard InChI is InChI=1S/C38H39ClN8O3/c1-50-38-32(19-40-18-25-8-9-34(49)44-25)42-20-31(45-38)30-6-2-5-29(35(30)39)27-4-3-7-33-28(27)12-15-47(33)37-36-24(10-13-41-37)16-23(17-43-36)21-46-14-11-26(48)22-46/h2-7,10,13,16-17,20,25-26,40,48H,8-9,11-12,14-15,18-19,21-22H2,1H3,(H,44,49)/t25-,26+/m0/s1. The van der Waals surface area contributed by atoms with E-state index in [1.54, 1.807) is 13.3 Å². The second kappa shape index (κ2) is 13.9. The molecule has 5 aromatic rings. The highest BCUT2D eigenvalue weighted by Crippen LogP contribution is 2.44. The minimum atomic E-state index is -0.242. The Balaban J connectivity index is 1.05. The van der Waals surface area contributed by atoms with E-state index >= 15 is 0 Å². The van der Waals surface area contributed by atoms with Crippen molar-refractivity contribution in [1.82, 2.24) is 35.5 Å². The van der Waals surface area contributed by atoms with E-state index in [9.17, 15) is 9.90 Å². The fourth-order valence-electron chi connectivity index (χ4n) is 7.44. The summed E-state index contributed by atoms with van der Waals surface area (Å²) in [5.41, 5.74) is 8.38. The van der Waals surface area contributed by atoms with Crippen LogP contribution in [0.2, 0.25) is 5.02 Å². The second-order valence-corrected chi connectivity index (χ2v) is 13.6. The van der Waals surface area contributed by atoms with Crippen molar-refractivity contribution in [1.29, 1.82) is 0 Å². The third-order valence-corrected chi connectivity index (χ3v) is 10.3. The molecule has 8 rings (SSSR count). The van der Waals surface area contributed by atoms with Crippen LogP contribution in [0.5, 0.6) is 5.88 Å². The lowest BCUT2D eigenvalue weighted by atomic mass is 9.95. The number of hydrogen-bond donors (Lipinski definition) is 3. The minimum Gasteiger partial charge on any atom is -0.480 e. The number of hydrogen-bond acceptors (Lipinski definition) is 10. The van der Waals surface area contributed by atoms with E-state index < -0.39 is 0 Å². The molecule has 2 fully saturated rings. The molecule has 0 unspecified atom stereocenters. The molecule has 1 amide bonds. The van der Waals surface area contributed by atoms with Gasteiger partial charge in [0.15, 0.2) is 5.82 Å². The van der Waals surface area contributed by atoms with E-state index in [0.29, 0.717) is 48.3 Å². The van der Waals surface area contributed by atoms with Gasteiger partial charge in [0.2, 0.25) is 11.8 Å². The number of benzene rings is 2. The first-order valence-corrected chi connectivity index (χ1v) is 17.6. The van der Waals surface area contributed by atoms with E-state index in [1.807, 2.05) is 36.7 Å². The first-order chi connectivity index (χ1) is 24.4. The minimum absolute atomic E-state index is 0.0972. The lowest BCUT2D eigenvalue weighted by Gasteiger charge is -2.21. The fourth-order valence-corrected chi connectivity index (χ4v) is 7.76. The number of ether oxygens (including phenoxy) is 1. The predicted molar refractivity (Wildman–Crippen MR) is 193 cm³/mol. The first-order valence-electron chi connectivity index (χ1n) is 17.2. The van der Waals surface area contributed by atoms with Crippen molar-refractivity contribution in [3.05, 3.63) is 89.0 Å². The number of methoxy groups -OCH3 is 1. The molecule has 2 aromatic carbocycles. The quantitative estimate of drug-likeness (QED) is 0.183. The Morgan fingerprint density at radius 1 is 1.02 bits per heavy atom. The Bertz CT molecular complexity index is 2080. The molecule has 3 aromatic heterocycles. The average molecular weight is 691 g/mol. The van der Waals surface area contributed by atoms with Gasteiger partial charge >= 0.3 is 0 Å². The van der Waals surface area contributed by atoms with E-state index in [0.717, 1.165) is 83.6 Å². The molecule has 50 heavy (non-hydrogen) atoms. The van der Waals surface area contributed by atoms with Crippen LogP contribution in [0.1, 0.15) is 36.1 Å². The molecule has 0 aliphatic carbocycles. The number of β-amino-alcohol motifs (C(OH)–C–C–N with tert-alkyl or cyclic N) is 1. The number of nitrogens with one attached hydrogen (secondary N) is 2. The van der Waals surface area contributed by atoms with Gasteiger partial charge in [0.05, 0.1) is 30.1 Å². The summed E-state index contributed by atoms with van der Waals surface area (Å²) in [5, 5.41) is 17.9. The van der Waals surface area contributed by atoms with E-state index in [4.69, 9.17) is 31.3 Å². The number of carbonyl (C=O) groups excluding carboxylic acids is 1. The zero-order valence-corrected chi connectivity index (χ0v) is 28.7. The number of rotatable bonds is 10. The molecular weight excluding hydrogens is 652 g/mol. The Kier molecular flexibility index (Phi) is 9.05. The summed E-state index contributed by atoms with van der Waals surface area (Å²) in [4.78, 5) is 35.2. The molecule has 0 radical (unpaired) electrons. The average Bonchev–Trinajstić information content (AvgIpc) is 3.87. The van der Waals surface area contributed by atoms with Crippen molar-refractivity contribution in [3.63, 3.8) is 0 Å². The number of fused-ring (bicyclic) bond motifs is 2. The summed E-state index contributed by atoms with van der Waals surface area (Å²) in [6.45, 7) is 4.27. The predicted octanol–water partition coefficient (Wildman–Crippen LogP) is 5.04. The maximum absolute atomic E-state index is 11.5. The molecule has 0 saturated carbocycles. The van der Waals surface area contributed by atoms with Crippen LogP contribution in [0, 0.1) is 0 Å². The monoisotopic (exact) mass is 690 g/mol. The van der Waals surface area contributed by atoms with E-state index in [1.165, 1.54) is 5.56 Å². The van der Waals surface area contributed by atoms with Gasteiger partial charge in [-0.2, -0.15) is 0 Å².